The van der Waals surface area contributed by atoms with E-state index in [0.29, 0.717) is 12.8 Å². The van der Waals surface area contributed by atoms with E-state index in [1.165, 1.54) is 55.6 Å². The second-order valence-corrected chi connectivity index (χ2v) is 20.1. The van der Waals surface area contributed by atoms with Gasteiger partial charge in [-0.1, -0.05) is 145 Å². The van der Waals surface area contributed by atoms with Gasteiger partial charge >= 0.3 is 0 Å². The van der Waals surface area contributed by atoms with E-state index in [9.17, 15) is 0 Å². The molecule has 0 radical (unpaired) electrons. The van der Waals surface area contributed by atoms with Gasteiger partial charge in [-0.25, -0.2) is 0 Å². The van der Waals surface area contributed by atoms with Crippen LogP contribution in [0.4, 0.5) is 0 Å². The average molecular weight is 747 g/mol. The van der Waals surface area contributed by atoms with Crippen molar-refractivity contribution in [1.82, 2.24) is 0 Å². The first kappa shape index (κ1) is 42.2. The summed E-state index contributed by atoms with van der Waals surface area (Å²) in [4.78, 5) is 0. The van der Waals surface area contributed by atoms with Crippen molar-refractivity contribution in [2.45, 2.75) is 150 Å². The monoisotopic (exact) mass is 747 g/mol. The molecule has 1 aliphatic carbocycles. The molecular weight excluding hydrogens is 677 g/mol. The van der Waals surface area contributed by atoms with Gasteiger partial charge in [-0.3, -0.25) is 0 Å². The Hall–Kier alpha value is -3.92. The highest BCUT2D eigenvalue weighted by molar-refractivity contribution is 5.62. The molecule has 8 bridgehead atoms. The Morgan fingerprint density at radius 3 is 0.873 bits per heavy atom. The Morgan fingerprint density at radius 1 is 0.418 bits per heavy atom. The van der Waals surface area contributed by atoms with E-state index in [0.717, 1.165) is 40.5 Å². The molecule has 4 aromatic carbocycles. The minimum Gasteiger partial charge on any atom is -0.496 e. The topological polar surface area (TPSA) is 36.9 Å². The minimum absolute atomic E-state index is 0.0247. The van der Waals surface area contributed by atoms with Crippen molar-refractivity contribution in [2.75, 3.05) is 28.4 Å². The van der Waals surface area contributed by atoms with Crippen molar-refractivity contribution in [1.29, 1.82) is 0 Å². The van der Waals surface area contributed by atoms with E-state index in [2.05, 4.69) is 145 Å². The van der Waals surface area contributed by atoms with Crippen molar-refractivity contribution < 1.29 is 18.9 Å². The fourth-order valence-electron chi connectivity index (χ4n) is 8.45. The van der Waals surface area contributed by atoms with Crippen LogP contribution < -0.4 is 18.9 Å². The summed E-state index contributed by atoms with van der Waals surface area (Å²) < 4.78 is 26.1. The Morgan fingerprint density at radius 2 is 0.655 bits per heavy atom. The molecule has 0 amide bonds. The summed E-state index contributed by atoms with van der Waals surface area (Å²) in [5.41, 5.74) is 14.2. The number of ether oxygens (including phenoxy) is 4. The Balaban J connectivity index is 2.06. The lowest BCUT2D eigenvalue weighted by atomic mass is 9.75. The fraction of sp³-hybridized carbons (Fsp3) is 0.529. The van der Waals surface area contributed by atoms with E-state index in [4.69, 9.17) is 18.9 Å². The molecule has 0 saturated heterocycles. The summed E-state index contributed by atoms with van der Waals surface area (Å²) in [5, 5.41) is 0. The molecule has 298 valence electrons. The maximum Gasteiger partial charge on any atom is 0.126 e. The molecule has 4 nitrogen and oxygen atoms in total. The quantitative estimate of drug-likeness (QED) is 0.204. The maximum absolute atomic E-state index is 6.54. The van der Waals surface area contributed by atoms with Crippen molar-refractivity contribution in [3.8, 4) is 23.0 Å². The molecule has 1 aliphatic rings. The number of hydrogen-bond donors (Lipinski definition) is 0. The van der Waals surface area contributed by atoms with Crippen LogP contribution in [0.5, 0.6) is 23.0 Å². The first-order chi connectivity index (χ1) is 25.5. The number of methoxy groups -OCH3 is 4. The maximum atomic E-state index is 6.54. The Kier molecular flexibility index (Phi) is 11.7. The van der Waals surface area contributed by atoms with Gasteiger partial charge in [0.25, 0.3) is 0 Å². The third kappa shape index (κ3) is 8.30. The van der Waals surface area contributed by atoms with Gasteiger partial charge in [0, 0.05) is 46.9 Å². The number of benzene rings is 4. The van der Waals surface area contributed by atoms with E-state index >= 15 is 0 Å². The second-order valence-electron chi connectivity index (χ2n) is 20.1. The van der Waals surface area contributed by atoms with E-state index < -0.39 is 0 Å². The molecule has 55 heavy (non-hydrogen) atoms. The lowest BCUT2D eigenvalue weighted by Crippen LogP contribution is -2.18. The van der Waals surface area contributed by atoms with Crippen LogP contribution in [0.1, 0.15) is 182 Å². The summed E-state index contributed by atoms with van der Waals surface area (Å²) >= 11 is 0. The zero-order chi connectivity index (χ0) is 41.0. The SMILES string of the molecule is CCC1c2cc(C(C)(C)C)cc(c2OC)Cc2cc(C(C)(C)C)cc(c2OC)C(C)c2cc(C(C)(C)C)cc(c2OC)Cc2cc(C(C)(C)C)cc1c2OC. The standard InChI is InChI=1S/C51H70O4/c1-19-39-42-28-37(50(9,10)11)24-33(46(42)54-17)20-31-22-35(48(3,4)5)26-40(44(31)52-15)30(2)41-27-36(49(6,7)8)23-32(45(41)53-16)21-34-25-38(51(12,13)14)29-43(39)47(34)55-18/h22-30,39H,19-21H2,1-18H3. The van der Waals surface area contributed by atoms with Crippen LogP contribution >= 0.6 is 0 Å². The Labute approximate surface area is 334 Å². The van der Waals surface area contributed by atoms with Crippen LogP contribution in [0.2, 0.25) is 0 Å². The molecule has 4 aromatic rings. The predicted octanol–water partition coefficient (Wildman–Crippen LogP) is 13.1. The minimum atomic E-state index is -0.0849. The van der Waals surface area contributed by atoms with Gasteiger partial charge in [0.2, 0.25) is 0 Å². The molecule has 0 fully saturated rings. The lowest BCUT2D eigenvalue weighted by Gasteiger charge is -2.31. The normalized spacial score (nSPS) is 16.5. The molecular formula is C51H70O4. The first-order valence-corrected chi connectivity index (χ1v) is 20.3. The highest BCUT2D eigenvalue weighted by atomic mass is 16.5. The number of rotatable bonds is 5. The largest absolute Gasteiger partial charge is 0.496 e. The van der Waals surface area contributed by atoms with E-state index in [-0.39, 0.29) is 33.5 Å². The third-order valence-corrected chi connectivity index (χ3v) is 11.9. The zero-order valence-electron chi connectivity index (χ0n) is 37.5. The van der Waals surface area contributed by atoms with Gasteiger partial charge in [0.05, 0.1) is 28.4 Å². The Bertz CT molecular complexity index is 1890. The van der Waals surface area contributed by atoms with Crippen molar-refractivity contribution in [3.63, 3.8) is 0 Å². The molecule has 4 heteroatoms. The van der Waals surface area contributed by atoms with Crippen LogP contribution in [0, 0.1) is 0 Å². The van der Waals surface area contributed by atoms with E-state index in [1.54, 1.807) is 0 Å². The number of fused-ring (bicyclic) bond motifs is 8. The third-order valence-electron chi connectivity index (χ3n) is 11.9. The summed E-state index contributed by atoms with van der Waals surface area (Å²) in [7, 11) is 7.32. The summed E-state index contributed by atoms with van der Waals surface area (Å²) in [6.07, 6.45) is 2.21. The van der Waals surface area contributed by atoms with Crippen LogP contribution in [0.15, 0.2) is 48.5 Å². The number of hydrogen-bond acceptors (Lipinski definition) is 4. The van der Waals surface area contributed by atoms with Crippen LogP contribution in [0.25, 0.3) is 0 Å². The molecule has 0 saturated carbocycles. The summed E-state index contributed by atoms with van der Waals surface area (Å²) in [6.45, 7) is 32.3. The first-order valence-electron chi connectivity index (χ1n) is 20.3. The molecule has 0 heterocycles. The van der Waals surface area contributed by atoms with Crippen molar-refractivity contribution >= 4 is 0 Å². The average Bonchev–Trinajstić information content (AvgIpc) is 3.08. The van der Waals surface area contributed by atoms with Gasteiger partial charge in [-0.2, -0.15) is 0 Å². The van der Waals surface area contributed by atoms with Crippen molar-refractivity contribution in [2.24, 2.45) is 0 Å². The zero-order valence-corrected chi connectivity index (χ0v) is 37.5. The lowest BCUT2D eigenvalue weighted by molar-refractivity contribution is 0.389. The smallest absolute Gasteiger partial charge is 0.126 e. The highest BCUT2D eigenvalue weighted by Crippen LogP contribution is 2.49. The van der Waals surface area contributed by atoms with Gasteiger partial charge in [0.1, 0.15) is 23.0 Å². The molecule has 0 atom stereocenters. The molecule has 0 aliphatic heterocycles. The van der Waals surface area contributed by atoms with E-state index in [1.807, 2.05) is 28.4 Å². The second kappa shape index (κ2) is 15.2. The molecule has 0 unspecified atom stereocenters. The summed E-state index contributed by atoms with van der Waals surface area (Å²) in [6, 6.07) is 19.1. The van der Waals surface area contributed by atoms with Crippen LogP contribution in [-0.4, -0.2) is 28.4 Å². The highest BCUT2D eigenvalue weighted by Gasteiger charge is 2.33. The molecule has 0 aromatic heterocycles. The van der Waals surface area contributed by atoms with Crippen molar-refractivity contribution in [3.05, 3.63) is 115 Å². The predicted molar refractivity (Wildman–Crippen MR) is 232 cm³/mol. The van der Waals surface area contributed by atoms with Gasteiger partial charge < -0.3 is 18.9 Å². The molecule has 0 spiro atoms. The van der Waals surface area contributed by atoms with Crippen LogP contribution in [-0.2, 0) is 34.5 Å². The fourth-order valence-corrected chi connectivity index (χ4v) is 8.45. The van der Waals surface area contributed by atoms with Crippen LogP contribution in [0.3, 0.4) is 0 Å². The van der Waals surface area contributed by atoms with Gasteiger partial charge in [-0.05, 0) is 72.6 Å². The summed E-state index contributed by atoms with van der Waals surface area (Å²) in [5.74, 6) is 3.73. The van der Waals surface area contributed by atoms with Gasteiger partial charge in [-0.15, -0.1) is 0 Å². The molecule has 5 rings (SSSR count). The van der Waals surface area contributed by atoms with Gasteiger partial charge in [0.15, 0.2) is 0 Å². The molecule has 0 N–H and O–H groups in total.